The standard InChI is InChI=1S/C19H19Cl2N5O/c1-3-11(2)23-19-25-16(12-4-6-22-7-5-12)10-17(26-19)24-13-8-14(20)18(27)15(21)9-13/h4-11,27H,3H2,1-2H3,(H2,23,24,25,26)/t11-/m1/s1. The Hall–Kier alpha value is -2.57. The van der Waals surface area contributed by atoms with Gasteiger partial charge in [0.1, 0.15) is 5.82 Å². The van der Waals surface area contributed by atoms with E-state index in [-0.39, 0.29) is 21.8 Å². The van der Waals surface area contributed by atoms with Gasteiger partial charge < -0.3 is 15.7 Å². The van der Waals surface area contributed by atoms with Crippen molar-refractivity contribution in [3.63, 3.8) is 0 Å². The Morgan fingerprint density at radius 1 is 1.07 bits per heavy atom. The molecule has 0 amide bonds. The summed E-state index contributed by atoms with van der Waals surface area (Å²) in [7, 11) is 0. The van der Waals surface area contributed by atoms with Crippen molar-refractivity contribution in [1.82, 2.24) is 15.0 Å². The van der Waals surface area contributed by atoms with Gasteiger partial charge in [-0.3, -0.25) is 4.98 Å². The number of benzene rings is 1. The molecule has 3 N–H and O–H groups in total. The number of nitrogens with one attached hydrogen (secondary N) is 2. The van der Waals surface area contributed by atoms with Gasteiger partial charge in [0.05, 0.1) is 15.7 Å². The maximum Gasteiger partial charge on any atom is 0.225 e. The molecule has 1 aromatic carbocycles. The minimum absolute atomic E-state index is 0.150. The highest BCUT2D eigenvalue weighted by Gasteiger charge is 2.11. The van der Waals surface area contributed by atoms with E-state index in [1.807, 2.05) is 18.2 Å². The van der Waals surface area contributed by atoms with Crippen LogP contribution in [-0.2, 0) is 0 Å². The van der Waals surface area contributed by atoms with Crippen molar-refractivity contribution in [2.75, 3.05) is 10.6 Å². The number of aromatic hydroxyl groups is 1. The fourth-order valence-electron chi connectivity index (χ4n) is 2.35. The Kier molecular flexibility index (Phi) is 5.98. The number of phenols is 1. The molecule has 2 aromatic heterocycles. The second-order valence-corrected chi connectivity index (χ2v) is 6.88. The summed E-state index contributed by atoms with van der Waals surface area (Å²) in [6, 6.07) is 8.98. The van der Waals surface area contributed by atoms with Crippen LogP contribution in [0.3, 0.4) is 0 Å². The molecule has 27 heavy (non-hydrogen) atoms. The van der Waals surface area contributed by atoms with E-state index in [9.17, 15) is 5.11 Å². The van der Waals surface area contributed by atoms with Gasteiger partial charge in [0, 0.05) is 35.8 Å². The number of pyridine rings is 1. The lowest BCUT2D eigenvalue weighted by molar-refractivity contribution is 0.476. The summed E-state index contributed by atoms with van der Waals surface area (Å²) in [6.07, 6.45) is 4.37. The van der Waals surface area contributed by atoms with Gasteiger partial charge in [-0.05, 0) is 37.6 Å². The Labute approximate surface area is 167 Å². The van der Waals surface area contributed by atoms with Crippen LogP contribution in [0.15, 0.2) is 42.7 Å². The van der Waals surface area contributed by atoms with Crippen LogP contribution in [-0.4, -0.2) is 26.1 Å². The number of halogens is 2. The molecule has 0 unspecified atom stereocenters. The third-order valence-corrected chi connectivity index (χ3v) is 4.56. The van der Waals surface area contributed by atoms with E-state index < -0.39 is 0 Å². The molecule has 0 radical (unpaired) electrons. The van der Waals surface area contributed by atoms with Crippen LogP contribution >= 0.6 is 23.2 Å². The maximum atomic E-state index is 9.73. The molecule has 140 valence electrons. The second kappa shape index (κ2) is 8.41. The van der Waals surface area contributed by atoms with Gasteiger partial charge in [0.2, 0.25) is 5.95 Å². The predicted molar refractivity (Wildman–Crippen MR) is 110 cm³/mol. The van der Waals surface area contributed by atoms with E-state index in [0.717, 1.165) is 17.7 Å². The highest BCUT2D eigenvalue weighted by atomic mass is 35.5. The smallest absolute Gasteiger partial charge is 0.225 e. The van der Waals surface area contributed by atoms with Crippen molar-refractivity contribution >= 4 is 40.7 Å². The predicted octanol–water partition coefficient (Wildman–Crippen LogP) is 5.51. The first-order valence-corrected chi connectivity index (χ1v) is 9.23. The van der Waals surface area contributed by atoms with Crippen molar-refractivity contribution in [3.8, 4) is 17.0 Å². The highest BCUT2D eigenvalue weighted by molar-refractivity contribution is 6.37. The van der Waals surface area contributed by atoms with Crippen molar-refractivity contribution in [2.24, 2.45) is 0 Å². The molecular weight excluding hydrogens is 385 g/mol. The highest BCUT2D eigenvalue weighted by Crippen LogP contribution is 2.35. The first-order valence-electron chi connectivity index (χ1n) is 8.47. The molecular formula is C19H19Cl2N5O. The molecule has 0 spiro atoms. The second-order valence-electron chi connectivity index (χ2n) is 6.07. The molecule has 0 bridgehead atoms. The van der Waals surface area contributed by atoms with E-state index >= 15 is 0 Å². The number of aromatic nitrogens is 3. The summed E-state index contributed by atoms with van der Waals surface area (Å²) < 4.78 is 0. The summed E-state index contributed by atoms with van der Waals surface area (Å²) in [5, 5.41) is 16.5. The van der Waals surface area contributed by atoms with E-state index in [0.29, 0.717) is 17.5 Å². The molecule has 0 saturated heterocycles. The summed E-state index contributed by atoms with van der Waals surface area (Å²) in [4.78, 5) is 13.2. The lowest BCUT2D eigenvalue weighted by Gasteiger charge is -2.15. The van der Waals surface area contributed by atoms with Crippen LogP contribution in [0.5, 0.6) is 5.75 Å². The summed E-state index contributed by atoms with van der Waals surface area (Å²) in [5.41, 5.74) is 2.28. The number of anilines is 3. The third kappa shape index (κ3) is 4.78. The zero-order valence-electron chi connectivity index (χ0n) is 14.9. The monoisotopic (exact) mass is 403 g/mol. The Morgan fingerprint density at radius 3 is 2.37 bits per heavy atom. The molecule has 0 aliphatic carbocycles. The molecule has 0 aliphatic heterocycles. The van der Waals surface area contributed by atoms with E-state index in [1.54, 1.807) is 24.5 Å². The number of phenolic OH excluding ortho intramolecular Hbond substituents is 1. The molecule has 6 nitrogen and oxygen atoms in total. The fraction of sp³-hybridized carbons (Fsp3) is 0.211. The SMILES string of the molecule is CC[C@@H](C)Nc1nc(Nc2cc(Cl)c(O)c(Cl)c2)cc(-c2ccncc2)n1. The molecule has 0 saturated carbocycles. The largest absolute Gasteiger partial charge is 0.505 e. The topological polar surface area (TPSA) is 83.0 Å². The summed E-state index contributed by atoms with van der Waals surface area (Å²) in [5.74, 6) is 0.931. The van der Waals surface area contributed by atoms with Gasteiger partial charge in [-0.25, -0.2) is 4.98 Å². The van der Waals surface area contributed by atoms with E-state index in [4.69, 9.17) is 23.2 Å². The molecule has 3 aromatic rings. The van der Waals surface area contributed by atoms with Crippen molar-refractivity contribution < 1.29 is 5.11 Å². The van der Waals surface area contributed by atoms with Crippen LogP contribution < -0.4 is 10.6 Å². The van der Waals surface area contributed by atoms with Crippen LogP contribution in [0.1, 0.15) is 20.3 Å². The van der Waals surface area contributed by atoms with Crippen molar-refractivity contribution in [1.29, 1.82) is 0 Å². The lowest BCUT2D eigenvalue weighted by atomic mass is 10.2. The summed E-state index contributed by atoms with van der Waals surface area (Å²) >= 11 is 12.0. The Balaban J connectivity index is 1.99. The average molecular weight is 404 g/mol. The minimum Gasteiger partial charge on any atom is -0.505 e. The zero-order valence-corrected chi connectivity index (χ0v) is 16.4. The van der Waals surface area contributed by atoms with Crippen LogP contribution in [0.2, 0.25) is 10.0 Å². The fourth-order valence-corrected chi connectivity index (χ4v) is 2.84. The van der Waals surface area contributed by atoms with Crippen molar-refractivity contribution in [2.45, 2.75) is 26.3 Å². The quantitative estimate of drug-likeness (QED) is 0.470. The zero-order chi connectivity index (χ0) is 19.4. The summed E-state index contributed by atoms with van der Waals surface area (Å²) in [6.45, 7) is 4.15. The molecule has 8 heteroatoms. The van der Waals surface area contributed by atoms with Gasteiger partial charge in [-0.1, -0.05) is 30.1 Å². The van der Waals surface area contributed by atoms with Crippen molar-refractivity contribution in [3.05, 3.63) is 52.8 Å². The molecule has 0 fully saturated rings. The third-order valence-electron chi connectivity index (χ3n) is 3.98. The van der Waals surface area contributed by atoms with Gasteiger partial charge >= 0.3 is 0 Å². The number of nitrogens with zero attached hydrogens (tertiary/aromatic N) is 3. The number of hydrogen-bond acceptors (Lipinski definition) is 6. The van der Waals surface area contributed by atoms with Gasteiger partial charge in [-0.15, -0.1) is 0 Å². The first-order chi connectivity index (χ1) is 13.0. The average Bonchev–Trinajstić information content (AvgIpc) is 2.66. The van der Waals surface area contributed by atoms with Gasteiger partial charge in [0.15, 0.2) is 5.75 Å². The minimum atomic E-state index is -0.150. The van der Waals surface area contributed by atoms with Crippen LogP contribution in [0.4, 0.5) is 17.5 Å². The van der Waals surface area contributed by atoms with Crippen LogP contribution in [0, 0.1) is 0 Å². The van der Waals surface area contributed by atoms with Gasteiger partial charge in [-0.2, -0.15) is 4.98 Å². The Morgan fingerprint density at radius 2 is 1.74 bits per heavy atom. The molecule has 2 heterocycles. The maximum absolute atomic E-state index is 9.73. The lowest BCUT2D eigenvalue weighted by Crippen LogP contribution is -2.16. The normalized spacial score (nSPS) is 11.9. The van der Waals surface area contributed by atoms with Gasteiger partial charge in [0.25, 0.3) is 0 Å². The molecule has 3 rings (SSSR count). The van der Waals surface area contributed by atoms with Crippen LogP contribution in [0.25, 0.3) is 11.3 Å². The number of hydrogen-bond donors (Lipinski definition) is 3. The number of rotatable bonds is 6. The Bertz CT molecular complexity index is 914. The van der Waals surface area contributed by atoms with E-state index in [2.05, 4.69) is 39.4 Å². The first kappa shape index (κ1) is 19.2. The molecule has 0 aliphatic rings. The van der Waals surface area contributed by atoms with E-state index in [1.165, 1.54) is 0 Å². The molecule has 1 atom stereocenters.